The van der Waals surface area contributed by atoms with Gasteiger partial charge in [-0.2, -0.15) is 0 Å². The van der Waals surface area contributed by atoms with E-state index in [1.54, 1.807) is 13.0 Å². The molecule has 0 spiro atoms. The van der Waals surface area contributed by atoms with Gasteiger partial charge in [-0.05, 0) is 42.3 Å². The average Bonchev–Trinajstić information content (AvgIpc) is 2.43. The Bertz CT molecular complexity index is 704. The fourth-order valence-corrected chi connectivity index (χ4v) is 2.19. The van der Waals surface area contributed by atoms with Gasteiger partial charge >= 0.3 is 5.97 Å². The lowest BCUT2D eigenvalue weighted by atomic mass is 10.1. The van der Waals surface area contributed by atoms with Gasteiger partial charge in [-0.15, -0.1) is 0 Å². The molecule has 2 aromatic rings. The highest BCUT2D eigenvalue weighted by Gasteiger charge is 2.16. The summed E-state index contributed by atoms with van der Waals surface area (Å²) in [6.45, 7) is 1.73. The minimum Gasteiger partial charge on any atom is -0.457 e. The fraction of sp³-hybridized carbons (Fsp3) is 0.133. The summed E-state index contributed by atoms with van der Waals surface area (Å²) in [6.07, 6.45) is 0. The molecule has 0 saturated carbocycles. The Morgan fingerprint density at radius 1 is 1.29 bits per heavy atom. The zero-order valence-corrected chi connectivity index (χ0v) is 12.6. The molecule has 0 saturated heterocycles. The van der Waals surface area contributed by atoms with Crippen molar-refractivity contribution in [3.63, 3.8) is 0 Å². The van der Waals surface area contributed by atoms with Crippen molar-refractivity contribution in [1.82, 2.24) is 0 Å². The summed E-state index contributed by atoms with van der Waals surface area (Å²) in [7, 11) is 0. The fourth-order valence-electron chi connectivity index (χ4n) is 1.78. The number of carbonyl (C=O) groups is 1. The number of esters is 1. The molecule has 2 aromatic carbocycles. The molecule has 2 N–H and O–H groups in total. The van der Waals surface area contributed by atoms with E-state index in [-0.39, 0.29) is 22.2 Å². The maximum absolute atomic E-state index is 13.2. The Morgan fingerprint density at radius 3 is 2.71 bits per heavy atom. The number of rotatable bonds is 3. The van der Waals surface area contributed by atoms with Crippen molar-refractivity contribution in [3.05, 3.63) is 62.9 Å². The second kappa shape index (κ2) is 6.33. The topological polar surface area (TPSA) is 52.3 Å². The smallest absolute Gasteiger partial charge is 0.340 e. The van der Waals surface area contributed by atoms with E-state index in [0.29, 0.717) is 11.3 Å². The molecule has 0 aliphatic carbocycles. The van der Waals surface area contributed by atoms with Crippen LogP contribution in [-0.2, 0) is 11.3 Å². The van der Waals surface area contributed by atoms with Crippen molar-refractivity contribution in [2.24, 2.45) is 0 Å². The predicted molar refractivity (Wildman–Crippen MR) is 81.1 cm³/mol. The lowest BCUT2D eigenvalue weighted by molar-refractivity contribution is 0.0472. The molecular formula is C15H12Cl2FNO2. The molecule has 0 unspecified atom stereocenters. The van der Waals surface area contributed by atoms with Gasteiger partial charge in [0.2, 0.25) is 0 Å². The zero-order valence-electron chi connectivity index (χ0n) is 11.1. The van der Waals surface area contributed by atoms with Crippen LogP contribution in [0.15, 0.2) is 30.3 Å². The summed E-state index contributed by atoms with van der Waals surface area (Å²) in [5.41, 5.74) is 7.40. The molecule has 110 valence electrons. The highest BCUT2D eigenvalue weighted by Crippen LogP contribution is 2.29. The summed E-state index contributed by atoms with van der Waals surface area (Å²) >= 11 is 11.8. The highest BCUT2D eigenvalue weighted by molar-refractivity contribution is 6.44. The summed E-state index contributed by atoms with van der Waals surface area (Å²) in [6, 6.07) is 7.10. The van der Waals surface area contributed by atoms with E-state index in [1.165, 1.54) is 24.3 Å². The molecule has 0 radical (unpaired) electrons. The van der Waals surface area contributed by atoms with Crippen LogP contribution in [0.4, 0.5) is 10.1 Å². The molecule has 2 rings (SSSR count). The molecule has 0 aliphatic rings. The predicted octanol–water partition coefficient (Wildman–Crippen LogP) is 4.38. The number of benzene rings is 2. The van der Waals surface area contributed by atoms with Crippen LogP contribution in [0, 0.1) is 12.7 Å². The van der Waals surface area contributed by atoms with Gasteiger partial charge in [0.15, 0.2) is 0 Å². The van der Waals surface area contributed by atoms with Gasteiger partial charge < -0.3 is 10.5 Å². The maximum Gasteiger partial charge on any atom is 0.340 e. The average molecular weight is 328 g/mol. The van der Waals surface area contributed by atoms with Crippen molar-refractivity contribution in [2.45, 2.75) is 13.5 Å². The zero-order chi connectivity index (χ0) is 15.6. The van der Waals surface area contributed by atoms with Crippen LogP contribution in [0.1, 0.15) is 21.5 Å². The van der Waals surface area contributed by atoms with E-state index in [1.807, 2.05) is 0 Å². The molecule has 0 amide bonds. The Hall–Kier alpha value is -1.78. The van der Waals surface area contributed by atoms with Crippen LogP contribution in [0.2, 0.25) is 10.0 Å². The van der Waals surface area contributed by atoms with Crippen molar-refractivity contribution >= 4 is 34.9 Å². The third-order valence-corrected chi connectivity index (χ3v) is 3.74. The van der Waals surface area contributed by atoms with Crippen LogP contribution in [0.3, 0.4) is 0 Å². The van der Waals surface area contributed by atoms with Crippen LogP contribution in [0.5, 0.6) is 0 Å². The van der Waals surface area contributed by atoms with Gasteiger partial charge in [-0.1, -0.05) is 29.3 Å². The Kier molecular flexibility index (Phi) is 4.70. The number of ether oxygens (including phenoxy) is 1. The molecule has 0 fully saturated rings. The Morgan fingerprint density at radius 2 is 2.00 bits per heavy atom. The number of nitrogens with two attached hydrogens (primary N) is 1. The number of hydrogen-bond acceptors (Lipinski definition) is 3. The van der Waals surface area contributed by atoms with Crippen LogP contribution < -0.4 is 5.73 Å². The van der Waals surface area contributed by atoms with Crippen molar-refractivity contribution < 1.29 is 13.9 Å². The van der Waals surface area contributed by atoms with E-state index in [0.717, 1.165) is 5.56 Å². The molecule has 0 bridgehead atoms. The van der Waals surface area contributed by atoms with Gasteiger partial charge in [0.1, 0.15) is 12.4 Å². The lowest BCUT2D eigenvalue weighted by Crippen LogP contribution is -2.08. The molecule has 3 nitrogen and oxygen atoms in total. The molecular weight excluding hydrogens is 316 g/mol. The van der Waals surface area contributed by atoms with Gasteiger partial charge in [-0.25, -0.2) is 9.18 Å². The number of halogens is 3. The maximum atomic E-state index is 13.2. The number of anilines is 1. The number of hydrogen-bond donors (Lipinski definition) is 1. The number of nitrogen functional groups attached to an aromatic ring is 1. The first kappa shape index (κ1) is 15.6. The highest BCUT2D eigenvalue weighted by atomic mass is 35.5. The van der Waals surface area contributed by atoms with E-state index in [9.17, 15) is 9.18 Å². The van der Waals surface area contributed by atoms with Crippen LogP contribution in [0.25, 0.3) is 0 Å². The van der Waals surface area contributed by atoms with Gasteiger partial charge in [0, 0.05) is 5.69 Å². The van der Waals surface area contributed by atoms with Crippen molar-refractivity contribution in [2.75, 3.05) is 5.73 Å². The van der Waals surface area contributed by atoms with E-state index < -0.39 is 11.8 Å². The van der Waals surface area contributed by atoms with E-state index in [4.69, 9.17) is 33.7 Å². The van der Waals surface area contributed by atoms with Crippen molar-refractivity contribution in [1.29, 1.82) is 0 Å². The van der Waals surface area contributed by atoms with Crippen LogP contribution in [-0.4, -0.2) is 5.97 Å². The molecule has 6 heteroatoms. The summed E-state index contributed by atoms with van der Waals surface area (Å²) in [5, 5.41) is 0.248. The summed E-state index contributed by atoms with van der Waals surface area (Å²) < 4.78 is 18.3. The quantitative estimate of drug-likeness (QED) is 0.672. The molecule has 0 heterocycles. The second-order valence-electron chi connectivity index (χ2n) is 4.51. The lowest BCUT2D eigenvalue weighted by Gasteiger charge is -2.10. The van der Waals surface area contributed by atoms with Gasteiger partial charge in [0.25, 0.3) is 0 Å². The van der Waals surface area contributed by atoms with Crippen LogP contribution >= 0.6 is 23.2 Å². The normalized spacial score (nSPS) is 10.5. The third kappa shape index (κ3) is 3.65. The molecule has 0 atom stereocenters. The first-order valence-corrected chi connectivity index (χ1v) is 6.80. The Labute approximate surface area is 131 Å². The summed E-state index contributed by atoms with van der Waals surface area (Å²) in [4.78, 5) is 12.0. The first-order chi connectivity index (χ1) is 9.88. The molecule has 0 aromatic heterocycles. The largest absolute Gasteiger partial charge is 0.457 e. The second-order valence-corrected chi connectivity index (χ2v) is 5.30. The van der Waals surface area contributed by atoms with Crippen molar-refractivity contribution in [3.8, 4) is 0 Å². The molecule has 21 heavy (non-hydrogen) atoms. The summed E-state index contributed by atoms with van der Waals surface area (Å²) in [5.74, 6) is -1.06. The van der Waals surface area contributed by atoms with Gasteiger partial charge in [0.05, 0.1) is 15.6 Å². The number of aryl methyl sites for hydroxylation is 1. The van der Waals surface area contributed by atoms with E-state index in [2.05, 4.69) is 0 Å². The third-order valence-electron chi connectivity index (χ3n) is 2.94. The Balaban J connectivity index is 2.17. The SMILES string of the molecule is Cc1ccc(F)cc1COC(=O)c1cc(N)cc(Cl)c1Cl. The number of carbonyl (C=O) groups excluding carboxylic acids is 1. The minimum atomic E-state index is -0.669. The standard InChI is InChI=1S/C15H12Cl2FNO2/c1-8-2-3-10(18)4-9(8)7-21-15(20)12-5-11(19)6-13(16)14(12)17/h2-6H,7,19H2,1H3. The molecule has 0 aliphatic heterocycles. The monoisotopic (exact) mass is 327 g/mol. The van der Waals surface area contributed by atoms with E-state index >= 15 is 0 Å². The van der Waals surface area contributed by atoms with Gasteiger partial charge in [-0.3, -0.25) is 0 Å². The minimum absolute atomic E-state index is 0.0643. The first-order valence-electron chi connectivity index (χ1n) is 6.05.